The van der Waals surface area contributed by atoms with Crippen molar-refractivity contribution in [2.24, 2.45) is 7.05 Å². The van der Waals surface area contributed by atoms with Gasteiger partial charge >= 0.3 is 0 Å². The van der Waals surface area contributed by atoms with Gasteiger partial charge in [0, 0.05) is 18.7 Å². The molecule has 0 bridgehead atoms. The molecule has 1 aromatic heterocycles. The number of nitrogens with one attached hydrogen (secondary N) is 1. The van der Waals surface area contributed by atoms with Crippen LogP contribution >= 0.6 is 0 Å². The highest BCUT2D eigenvalue weighted by atomic mass is 19.1. The maximum atomic E-state index is 13.4. The molecule has 0 spiro atoms. The van der Waals surface area contributed by atoms with Crippen LogP contribution in [0.5, 0.6) is 5.75 Å². The predicted octanol–water partition coefficient (Wildman–Crippen LogP) is 2.73. The Kier molecular flexibility index (Phi) is 4.39. The van der Waals surface area contributed by atoms with Crippen LogP contribution in [0.2, 0.25) is 0 Å². The lowest BCUT2D eigenvalue weighted by molar-refractivity contribution is 0.289. The van der Waals surface area contributed by atoms with Gasteiger partial charge in [0.15, 0.2) is 0 Å². The van der Waals surface area contributed by atoms with Crippen LogP contribution in [-0.4, -0.2) is 16.8 Å². The molecule has 0 aliphatic heterocycles. The molecular formula is C15H20FN3O. The van der Waals surface area contributed by atoms with Gasteiger partial charge < -0.3 is 10.1 Å². The third kappa shape index (κ3) is 3.17. The lowest BCUT2D eigenvalue weighted by Gasteiger charge is -2.16. The summed E-state index contributed by atoms with van der Waals surface area (Å²) in [5.74, 6) is 0.429. The van der Waals surface area contributed by atoms with Crippen molar-refractivity contribution in [1.29, 1.82) is 0 Å². The molecule has 2 rings (SSSR count). The summed E-state index contributed by atoms with van der Waals surface area (Å²) in [5, 5.41) is 7.37. The molecule has 0 fully saturated rings. The second kappa shape index (κ2) is 6.05. The highest BCUT2D eigenvalue weighted by molar-refractivity contribution is 5.36. The van der Waals surface area contributed by atoms with Crippen LogP contribution in [0.25, 0.3) is 0 Å². The lowest BCUT2D eigenvalue weighted by Crippen LogP contribution is -2.14. The maximum Gasteiger partial charge on any atom is 0.130 e. The van der Waals surface area contributed by atoms with Gasteiger partial charge in [0.1, 0.15) is 18.2 Å². The molecule has 0 aliphatic carbocycles. The number of hydrogen-bond donors (Lipinski definition) is 1. The summed E-state index contributed by atoms with van der Waals surface area (Å²) in [6.07, 6.45) is 0. The van der Waals surface area contributed by atoms with Crippen molar-refractivity contribution in [3.05, 3.63) is 47.0 Å². The van der Waals surface area contributed by atoms with Crippen LogP contribution in [0, 0.1) is 12.7 Å². The Morgan fingerprint density at radius 2 is 2.15 bits per heavy atom. The summed E-state index contributed by atoms with van der Waals surface area (Å²) < 4.78 is 21.0. The zero-order chi connectivity index (χ0) is 14.7. The topological polar surface area (TPSA) is 39.1 Å². The van der Waals surface area contributed by atoms with Gasteiger partial charge in [0.2, 0.25) is 0 Å². The fraction of sp³-hybridized carbons (Fsp3) is 0.400. The number of nitrogens with zero attached hydrogens (tertiary/aromatic N) is 2. The van der Waals surface area contributed by atoms with E-state index < -0.39 is 0 Å². The Morgan fingerprint density at radius 3 is 2.75 bits per heavy atom. The van der Waals surface area contributed by atoms with Crippen molar-refractivity contribution in [2.45, 2.75) is 26.5 Å². The molecule has 0 aliphatic rings. The number of halogens is 1. The van der Waals surface area contributed by atoms with E-state index >= 15 is 0 Å². The zero-order valence-corrected chi connectivity index (χ0v) is 12.3. The van der Waals surface area contributed by atoms with Crippen molar-refractivity contribution >= 4 is 0 Å². The first kappa shape index (κ1) is 14.5. The monoisotopic (exact) mass is 277 g/mol. The summed E-state index contributed by atoms with van der Waals surface area (Å²) >= 11 is 0. The molecule has 1 N–H and O–H groups in total. The Balaban J connectivity index is 2.18. The van der Waals surface area contributed by atoms with Gasteiger partial charge in [-0.15, -0.1) is 0 Å². The van der Waals surface area contributed by atoms with E-state index in [0.717, 1.165) is 17.0 Å². The molecule has 0 radical (unpaired) electrons. The standard InChI is InChI=1S/C15H20FN3O/c1-10-7-13(19(4)18-10)9-20-15-6-5-12(16)8-14(15)11(2)17-3/h5-8,11,17H,9H2,1-4H3. The fourth-order valence-electron chi connectivity index (χ4n) is 2.10. The molecule has 1 heterocycles. The number of benzene rings is 1. The van der Waals surface area contributed by atoms with E-state index in [2.05, 4.69) is 10.4 Å². The molecule has 0 saturated carbocycles. The molecule has 1 unspecified atom stereocenters. The molecule has 108 valence electrons. The highest BCUT2D eigenvalue weighted by Crippen LogP contribution is 2.26. The summed E-state index contributed by atoms with van der Waals surface area (Å²) in [5.41, 5.74) is 2.75. The van der Waals surface area contributed by atoms with E-state index in [0.29, 0.717) is 12.4 Å². The van der Waals surface area contributed by atoms with Crippen LogP contribution in [-0.2, 0) is 13.7 Å². The SMILES string of the molecule is CNC(C)c1cc(F)ccc1OCc1cc(C)nn1C. The minimum absolute atomic E-state index is 0.0222. The zero-order valence-electron chi connectivity index (χ0n) is 12.3. The molecule has 0 saturated heterocycles. The smallest absolute Gasteiger partial charge is 0.130 e. The Bertz CT molecular complexity index is 595. The fourth-order valence-corrected chi connectivity index (χ4v) is 2.10. The molecule has 20 heavy (non-hydrogen) atoms. The van der Waals surface area contributed by atoms with E-state index in [1.807, 2.05) is 34.0 Å². The lowest BCUT2D eigenvalue weighted by atomic mass is 10.1. The molecule has 4 nitrogen and oxygen atoms in total. The molecule has 1 aromatic carbocycles. The predicted molar refractivity (Wildman–Crippen MR) is 76.2 cm³/mol. The number of hydrogen-bond acceptors (Lipinski definition) is 3. The molecular weight excluding hydrogens is 257 g/mol. The van der Waals surface area contributed by atoms with Crippen molar-refractivity contribution in [3.63, 3.8) is 0 Å². The largest absolute Gasteiger partial charge is 0.487 e. The summed E-state index contributed by atoms with van der Waals surface area (Å²) in [4.78, 5) is 0. The second-order valence-electron chi connectivity index (χ2n) is 4.88. The van der Waals surface area contributed by atoms with Crippen LogP contribution in [0.15, 0.2) is 24.3 Å². The quantitative estimate of drug-likeness (QED) is 0.913. The average Bonchev–Trinajstić information content (AvgIpc) is 2.74. The Hall–Kier alpha value is -1.88. The van der Waals surface area contributed by atoms with Gasteiger partial charge in [-0.25, -0.2) is 4.39 Å². The normalized spacial score (nSPS) is 12.4. The van der Waals surface area contributed by atoms with Crippen LogP contribution < -0.4 is 10.1 Å². The number of aromatic nitrogens is 2. The molecule has 2 aromatic rings. The van der Waals surface area contributed by atoms with Crippen LogP contribution in [0.4, 0.5) is 4.39 Å². The second-order valence-corrected chi connectivity index (χ2v) is 4.88. The van der Waals surface area contributed by atoms with Crippen molar-refractivity contribution < 1.29 is 9.13 Å². The minimum atomic E-state index is -0.258. The Morgan fingerprint density at radius 1 is 1.40 bits per heavy atom. The van der Waals surface area contributed by atoms with Crippen molar-refractivity contribution in [1.82, 2.24) is 15.1 Å². The van der Waals surface area contributed by atoms with Gasteiger partial charge in [0.25, 0.3) is 0 Å². The van der Waals surface area contributed by atoms with E-state index in [-0.39, 0.29) is 11.9 Å². The third-order valence-electron chi connectivity index (χ3n) is 3.35. The molecule has 5 heteroatoms. The molecule has 0 amide bonds. The van der Waals surface area contributed by atoms with E-state index in [1.54, 1.807) is 10.7 Å². The van der Waals surface area contributed by atoms with Gasteiger partial charge in [-0.2, -0.15) is 5.10 Å². The van der Waals surface area contributed by atoms with E-state index in [1.165, 1.54) is 12.1 Å². The van der Waals surface area contributed by atoms with E-state index in [4.69, 9.17) is 4.74 Å². The van der Waals surface area contributed by atoms with Gasteiger partial charge in [-0.3, -0.25) is 4.68 Å². The number of aryl methyl sites for hydroxylation is 2. The average molecular weight is 277 g/mol. The van der Waals surface area contributed by atoms with Gasteiger partial charge in [-0.1, -0.05) is 0 Å². The Labute approximate surface area is 118 Å². The first-order valence-electron chi connectivity index (χ1n) is 6.60. The van der Waals surface area contributed by atoms with Crippen LogP contribution in [0.1, 0.15) is 29.9 Å². The van der Waals surface area contributed by atoms with Gasteiger partial charge in [-0.05, 0) is 45.2 Å². The summed E-state index contributed by atoms with van der Waals surface area (Å²) in [6.45, 7) is 4.32. The van der Waals surface area contributed by atoms with Crippen molar-refractivity contribution in [3.8, 4) is 5.75 Å². The van der Waals surface area contributed by atoms with Crippen molar-refractivity contribution in [2.75, 3.05) is 7.05 Å². The number of rotatable bonds is 5. The number of ether oxygens (including phenoxy) is 1. The molecule has 1 atom stereocenters. The van der Waals surface area contributed by atoms with E-state index in [9.17, 15) is 4.39 Å². The maximum absolute atomic E-state index is 13.4. The van der Waals surface area contributed by atoms with Gasteiger partial charge in [0.05, 0.1) is 11.4 Å². The summed E-state index contributed by atoms with van der Waals surface area (Å²) in [7, 11) is 3.72. The first-order chi connectivity index (χ1) is 9.51. The minimum Gasteiger partial charge on any atom is -0.487 e. The first-order valence-corrected chi connectivity index (χ1v) is 6.60. The van der Waals surface area contributed by atoms with Crippen LogP contribution in [0.3, 0.4) is 0 Å². The third-order valence-corrected chi connectivity index (χ3v) is 3.35. The summed E-state index contributed by atoms with van der Waals surface area (Å²) in [6, 6.07) is 6.58. The highest BCUT2D eigenvalue weighted by Gasteiger charge is 2.12.